The zero-order valence-electron chi connectivity index (χ0n) is 1.84. The van der Waals surface area contributed by atoms with Gasteiger partial charge in [-0.15, -0.1) is 0 Å². The van der Waals surface area contributed by atoms with E-state index < -0.39 is 0 Å². The molecule has 0 atom stereocenters. The van der Waals surface area contributed by atoms with E-state index in [1.54, 1.807) is 0 Å². The van der Waals surface area contributed by atoms with Crippen LogP contribution in [0.4, 0.5) is 0 Å². The molecule has 4 heteroatoms. The Morgan fingerprint density at radius 3 is 0.750 bits per heavy atom. The molecule has 0 saturated heterocycles. The second kappa shape index (κ2) is 24.1. The van der Waals surface area contributed by atoms with Crippen molar-refractivity contribution in [2.45, 2.75) is 0 Å². The van der Waals surface area contributed by atoms with E-state index >= 15 is 0 Å². The van der Waals surface area contributed by atoms with Crippen LogP contribution < -0.4 is 0 Å². The molecule has 16 valence electrons. The molecule has 0 bridgehead atoms. The standard InChI is InChI=1S/2O.Sc.Ta/q2*-2;+3;+5. The maximum absolute atomic E-state index is 0. The molecule has 0 N–H and O–H groups in total. The molecule has 0 aliphatic carbocycles. The van der Waals surface area contributed by atoms with Crippen LogP contribution in [-0.2, 0) is 59.2 Å². The van der Waals surface area contributed by atoms with Gasteiger partial charge in [0.1, 0.15) is 0 Å². The minimum absolute atomic E-state index is 0. The molecule has 0 aromatic carbocycles. The Kier molecular flexibility index (Phi) is 292. The maximum atomic E-state index is 0. The Hall–Kier alpha value is 1.53. The first-order valence-corrected chi connectivity index (χ1v) is 0. The molecule has 0 amide bonds. The summed E-state index contributed by atoms with van der Waals surface area (Å²) >= 11 is 0. The van der Waals surface area contributed by atoms with E-state index in [1.807, 2.05) is 0 Å². The summed E-state index contributed by atoms with van der Waals surface area (Å²) < 4.78 is 0. The molecule has 2 nitrogen and oxygen atoms in total. The van der Waals surface area contributed by atoms with Gasteiger partial charge in [-0.05, 0) is 0 Å². The van der Waals surface area contributed by atoms with Crippen molar-refractivity contribution in [3.05, 3.63) is 0 Å². The minimum Gasteiger partial charge on any atom is -2.00 e. The quantitative estimate of drug-likeness (QED) is 0.575. The van der Waals surface area contributed by atoms with Crippen LogP contribution in [0.25, 0.3) is 0 Å². The summed E-state index contributed by atoms with van der Waals surface area (Å²) in [5.74, 6) is 0. The summed E-state index contributed by atoms with van der Waals surface area (Å²) in [6.07, 6.45) is 0. The summed E-state index contributed by atoms with van der Waals surface area (Å²) in [4.78, 5) is 0. The van der Waals surface area contributed by atoms with Crippen molar-refractivity contribution >= 4 is 0 Å². The molecule has 0 saturated carbocycles. The van der Waals surface area contributed by atoms with Crippen molar-refractivity contribution in [2.75, 3.05) is 0 Å². The third kappa shape index (κ3) is 9.65. The van der Waals surface area contributed by atoms with Gasteiger partial charge in [-0.25, -0.2) is 0 Å². The van der Waals surface area contributed by atoms with Crippen LogP contribution in [-0.4, -0.2) is 0 Å². The number of rotatable bonds is 0. The minimum atomic E-state index is 0. The second-order valence-electron chi connectivity index (χ2n) is 0. The molecule has 0 aliphatic heterocycles. The van der Waals surface area contributed by atoms with Crippen LogP contribution in [0.3, 0.4) is 0 Å². The molecule has 0 radical (unpaired) electrons. The molecule has 4 heavy (non-hydrogen) atoms. The first-order chi connectivity index (χ1) is 0. The Labute approximate surface area is 58.9 Å². The molecule has 0 aromatic heterocycles. The Bertz CT molecular complexity index is 6.00. The molecule has 0 spiro atoms. The summed E-state index contributed by atoms with van der Waals surface area (Å²) in [7, 11) is 0. The second-order valence-corrected chi connectivity index (χ2v) is 0. The normalized spacial score (nSPS) is 0. The average Bonchev–Trinajstić information content (AvgIpc) is 0. The van der Waals surface area contributed by atoms with E-state index in [1.165, 1.54) is 0 Å². The van der Waals surface area contributed by atoms with Gasteiger partial charge in [-0.1, -0.05) is 0 Å². The average molecular weight is 258 g/mol. The van der Waals surface area contributed by atoms with E-state index in [2.05, 4.69) is 0 Å². The monoisotopic (exact) mass is 258 g/mol. The zero-order chi connectivity index (χ0) is 0. The van der Waals surface area contributed by atoms with E-state index in [0.29, 0.717) is 0 Å². The molecule has 0 unspecified atom stereocenters. The fourth-order valence-electron chi connectivity index (χ4n) is 0. The van der Waals surface area contributed by atoms with Crippen molar-refractivity contribution in [2.24, 2.45) is 0 Å². The van der Waals surface area contributed by atoms with Gasteiger partial charge in [0.2, 0.25) is 0 Å². The fourth-order valence-corrected chi connectivity index (χ4v) is 0. The maximum Gasteiger partial charge on any atom is 5.00 e. The Morgan fingerprint density at radius 1 is 0.750 bits per heavy atom. The Balaban J connectivity index is 0. The van der Waals surface area contributed by atoms with Crippen LogP contribution in [0, 0.1) is 0 Å². The van der Waals surface area contributed by atoms with Gasteiger partial charge in [0.05, 0.1) is 0 Å². The predicted octanol–water partition coefficient (Wildman–Crippen LogP) is -0.243. The van der Waals surface area contributed by atoms with Crippen LogP contribution in [0.15, 0.2) is 0 Å². The summed E-state index contributed by atoms with van der Waals surface area (Å²) in [6.45, 7) is 0. The third-order valence-electron chi connectivity index (χ3n) is 0. The van der Waals surface area contributed by atoms with E-state index in [0.717, 1.165) is 0 Å². The Morgan fingerprint density at radius 2 is 0.750 bits per heavy atom. The molecular weight excluding hydrogens is 258 g/mol. The first-order valence-electron chi connectivity index (χ1n) is 0. The third-order valence-corrected chi connectivity index (χ3v) is 0. The molecule has 0 fully saturated rings. The molecule has 0 aromatic rings. The van der Waals surface area contributed by atoms with Crippen molar-refractivity contribution in [1.82, 2.24) is 0 Å². The van der Waals surface area contributed by atoms with Gasteiger partial charge in [0.25, 0.3) is 0 Å². The van der Waals surface area contributed by atoms with Gasteiger partial charge in [0.15, 0.2) is 0 Å². The smallest absolute Gasteiger partial charge is 2.00 e. The van der Waals surface area contributed by atoms with Crippen molar-refractivity contribution < 1.29 is 59.2 Å². The van der Waals surface area contributed by atoms with E-state index in [9.17, 15) is 0 Å². The van der Waals surface area contributed by atoms with Crippen molar-refractivity contribution in [3.63, 3.8) is 0 Å². The summed E-state index contributed by atoms with van der Waals surface area (Å²) in [5, 5.41) is 0. The molecule has 0 aliphatic rings. The number of hydrogen-bond acceptors (Lipinski definition) is 0. The van der Waals surface area contributed by atoms with Crippen LogP contribution >= 0.6 is 0 Å². The van der Waals surface area contributed by atoms with E-state index in [-0.39, 0.29) is 59.2 Å². The predicted molar refractivity (Wildman–Crippen MR) is 1.37 cm³/mol. The number of hydrogen-bond donors (Lipinski definition) is 0. The molecule has 0 heterocycles. The van der Waals surface area contributed by atoms with Crippen molar-refractivity contribution in [1.29, 1.82) is 0 Å². The van der Waals surface area contributed by atoms with Crippen LogP contribution in [0.2, 0.25) is 0 Å². The summed E-state index contributed by atoms with van der Waals surface area (Å²) in [5.41, 5.74) is 0. The van der Waals surface area contributed by atoms with Gasteiger partial charge in [0, 0.05) is 0 Å². The van der Waals surface area contributed by atoms with Crippen molar-refractivity contribution in [3.8, 4) is 0 Å². The van der Waals surface area contributed by atoms with Gasteiger partial charge >= 0.3 is 48.2 Å². The molecular formula is O2ScTa+4. The van der Waals surface area contributed by atoms with Gasteiger partial charge < -0.3 is 11.0 Å². The topological polar surface area (TPSA) is 57.0 Å². The van der Waals surface area contributed by atoms with E-state index in [4.69, 9.17) is 0 Å². The van der Waals surface area contributed by atoms with Gasteiger partial charge in [-0.3, -0.25) is 0 Å². The largest absolute Gasteiger partial charge is 5.00 e. The zero-order valence-corrected chi connectivity index (χ0v) is 6.86. The fraction of sp³-hybridized carbons (Fsp3) is 0. The SMILES string of the molecule is [O-2].[O-2].[Sc+3].[Ta+5]. The van der Waals surface area contributed by atoms with Gasteiger partial charge in [-0.2, -0.15) is 0 Å². The summed E-state index contributed by atoms with van der Waals surface area (Å²) in [6, 6.07) is 0. The first kappa shape index (κ1) is 48.5. The molecule has 0 rings (SSSR count). The van der Waals surface area contributed by atoms with Crippen LogP contribution in [0.5, 0.6) is 0 Å². The van der Waals surface area contributed by atoms with Crippen LogP contribution in [0.1, 0.15) is 0 Å².